The van der Waals surface area contributed by atoms with E-state index in [1.807, 2.05) is 17.5 Å². The standard InChI is InChI=1S/C23H22N4O4S/c1-15-24-21(27-31-15)13-30-20-6-4-3-5-18(20)22(28)26-23-25-19(14-32-23)17-9-7-16(8-10-17)11-12-29-2/h3-10,14H,11-13H2,1-2H3,(H,25,26,28). The molecule has 2 heterocycles. The van der Waals surface area contributed by atoms with Crippen molar-refractivity contribution in [1.29, 1.82) is 0 Å². The minimum Gasteiger partial charge on any atom is -0.485 e. The van der Waals surface area contributed by atoms with Gasteiger partial charge in [-0.1, -0.05) is 41.6 Å². The molecule has 8 nitrogen and oxygen atoms in total. The molecule has 32 heavy (non-hydrogen) atoms. The van der Waals surface area contributed by atoms with Crippen molar-refractivity contribution in [2.75, 3.05) is 19.0 Å². The zero-order valence-corrected chi connectivity index (χ0v) is 18.5. The summed E-state index contributed by atoms with van der Waals surface area (Å²) in [7, 11) is 1.69. The summed E-state index contributed by atoms with van der Waals surface area (Å²) >= 11 is 1.37. The smallest absolute Gasteiger partial charge is 0.261 e. The van der Waals surface area contributed by atoms with Gasteiger partial charge in [0.1, 0.15) is 5.75 Å². The number of anilines is 1. The molecule has 0 aliphatic carbocycles. The Labute approximate surface area is 189 Å². The van der Waals surface area contributed by atoms with Gasteiger partial charge in [0.2, 0.25) is 11.7 Å². The van der Waals surface area contributed by atoms with Gasteiger partial charge in [0.25, 0.3) is 5.91 Å². The zero-order valence-electron chi connectivity index (χ0n) is 17.7. The fourth-order valence-electron chi connectivity index (χ4n) is 3.01. The minimum atomic E-state index is -0.305. The summed E-state index contributed by atoms with van der Waals surface area (Å²) in [6, 6.07) is 15.2. The number of hydrogen-bond acceptors (Lipinski definition) is 8. The third kappa shape index (κ3) is 5.37. The summed E-state index contributed by atoms with van der Waals surface area (Å²) in [4.78, 5) is 21.5. The van der Waals surface area contributed by atoms with E-state index in [4.69, 9.17) is 14.0 Å². The Balaban J connectivity index is 1.42. The van der Waals surface area contributed by atoms with Gasteiger partial charge in [-0.05, 0) is 24.1 Å². The van der Waals surface area contributed by atoms with Crippen LogP contribution in [0.25, 0.3) is 11.3 Å². The fourth-order valence-corrected chi connectivity index (χ4v) is 3.73. The summed E-state index contributed by atoms with van der Waals surface area (Å²) in [5, 5.41) is 9.08. The fraction of sp³-hybridized carbons (Fsp3) is 0.217. The first-order valence-electron chi connectivity index (χ1n) is 9.98. The van der Waals surface area contributed by atoms with Crippen molar-refractivity contribution in [2.24, 2.45) is 0 Å². The van der Waals surface area contributed by atoms with Crippen LogP contribution in [0.2, 0.25) is 0 Å². The molecule has 0 unspecified atom stereocenters. The molecule has 0 saturated heterocycles. The lowest BCUT2D eigenvalue weighted by Crippen LogP contribution is -2.13. The number of amides is 1. The molecule has 1 N–H and O–H groups in total. The Morgan fingerprint density at radius 3 is 2.69 bits per heavy atom. The normalized spacial score (nSPS) is 10.8. The number of methoxy groups -OCH3 is 1. The highest BCUT2D eigenvalue weighted by Crippen LogP contribution is 2.27. The van der Waals surface area contributed by atoms with E-state index >= 15 is 0 Å². The van der Waals surface area contributed by atoms with Crippen molar-refractivity contribution in [2.45, 2.75) is 20.0 Å². The van der Waals surface area contributed by atoms with Gasteiger partial charge in [0.15, 0.2) is 11.7 Å². The second-order valence-corrected chi connectivity index (χ2v) is 7.80. The molecule has 0 spiro atoms. The van der Waals surface area contributed by atoms with Crippen LogP contribution in [0.4, 0.5) is 5.13 Å². The Bertz CT molecular complexity index is 1190. The van der Waals surface area contributed by atoms with E-state index in [2.05, 4.69) is 32.6 Å². The van der Waals surface area contributed by atoms with Crippen molar-refractivity contribution in [3.8, 4) is 17.0 Å². The quantitative estimate of drug-likeness (QED) is 0.400. The van der Waals surface area contributed by atoms with Crippen LogP contribution >= 0.6 is 11.3 Å². The number of para-hydroxylation sites is 1. The minimum absolute atomic E-state index is 0.101. The third-order valence-corrected chi connectivity index (χ3v) is 5.39. The van der Waals surface area contributed by atoms with E-state index in [0.29, 0.717) is 34.8 Å². The molecule has 0 radical (unpaired) electrons. The van der Waals surface area contributed by atoms with Crippen LogP contribution in [0.5, 0.6) is 5.75 Å². The summed E-state index contributed by atoms with van der Waals surface area (Å²) in [5.41, 5.74) is 3.39. The summed E-state index contributed by atoms with van der Waals surface area (Å²) in [6.07, 6.45) is 0.864. The highest BCUT2D eigenvalue weighted by Gasteiger charge is 2.15. The first-order chi connectivity index (χ1) is 15.6. The van der Waals surface area contributed by atoms with Crippen molar-refractivity contribution >= 4 is 22.4 Å². The van der Waals surface area contributed by atoms with Gasteiger partial charge in [0, 0.05) is 25.0 Å². The van der Waals surface area contributed by atoms with Crippen molar-refractivity contribution in [3.63, 3.8) is 0 Å². The largest absolute Gasteiger partial charge is 0.485 e. The topological polar surface area (TPSA) is 99.4 Å². The maximum atomic E-state index is 12.9. The molecule has 164 valence electrons. The second-order valence-electron chi connectivity index (χ2n) is 6.95. The number of thiazole rings is 1. The number of benzene rings is 2. The lowest BCUT2D eigenvalue weighted by atomic mass is 10.1. The summed E-state index contributed by atoms with van der Waals surface area (Å²) in [5.74, 6) is 0.992. The van der Waals surface area contributed by atoms with Gasteiger partial charge < -0.3 is 14.0 Å². The Morgan fingerprint density at radius 1 is 1.12 bits per heavy atom. The van der Waals surface area contributed by atoms with E-state index in [0.717, 1.165) is 17.7 Å². The number of hydrogen-bond donors (Lipinski definition) is 1. The van der Waals surface area contributed by atoms with Crippen LogP contribution < -0.4 is 10.1 Å². The molecule has 2 aromatic carbocycles. The van der Waals surface area contributed by atoms with E-state index in [1.165, 1.54) is 16.9 Å². The van der Waals surface area contributed by atoms with Crippen molar-refractivity contribution in [3.05, 3.63) is 76.8 Å². The molecule has 0 aliphatic rings. The first kappa shape index (κ1) is 21.7. The van der Waals surface area contributed by atoms with E-state index in [-0.39, 0.29) is 12.5 Å². The molecule has 9 heteroatoms. The molecule has 4 aromatic rings. The highest BCUT2D eigenvalue weighted by molar-refractivity contribution is 7.14. The van der Waals surface area contributed by atoms with Crippen LogP contribution in [-0.2, 0) is 17.8 Å². The average molecular weight is 451 g/mol. The molecule has 1 amide bonds. The maximum Gasteiger partial charge on any atom is 0.261 e. The second kappa shape index (κ2) is 10.2. The number of carbonyl (C=O) groups excluding carboxylic acids is 1. The number of nitrogens with one attached hydrogen (secondary N) is 1. The van der Waals surface area contributed by atoms with E-state index in [9.17, 15) is 4.79 Å². The summed E-state index contributed by atoms with van der Waals surface area (Å²) in [6.45, 7) is 2.49. The SMILES string of the molecule is COCCc1ccc(-c2csc(NC(=O)c3ccccc3OCc3noc(C)n3)n2)cc1. The lowest BCUT2D eigenvalue weighted by molar-refractivity contribution is 0.102. The predicted octanol–water partition coefficient (Wildman–Crippen LogP) is 4.52. The third-order valence-electron chi connectivity index (χ3n) is 4.63. The van der Waals surface area contributed by atoms with Crippen molar-refractivity contribution < 1.29 is 18.8 Å². The average Bonchev–Trinajstić information content (AvgIpc) is 3.45. The molecule has 2 aromatic heterocycles. The van der Waals surface area contributed by atoms with E-state index < -0.39 is 0 Å². The van der Waals surface area contributed by atoms with Crippen LogP contribution in [-0.4, -0.2) is 34.7 Å². The van der Waals surface area contributed by atoms with Crippen LogP contribution in [0, 0.1) is 6.92 Å². The van der Waals surface area contributed by atoms with Gasteiger partial charge in [-0.25, -0.2) is 4.98 Å². The monoisotopic (exact) mass is 450 g/mol. The Morgan fingerprint density at radius 2 is 1.94 bits per heavy atom. The molecule has 0 aliphatic heterocycles. The van der Waals surface area contributed by atoms with Gasteiger partial charge in [-0.15, -0.1) is 11.3 Å². The molecule has 0 atom stereocenters. The van der Waals surface area contributed by atoms with E-state index in [1.54, 1.807) is 38.3 Å². The number of aryl methyl sites for hydroxylation is 1. The zero-order chi connectivity index (χ0) is 22.3. The Hall–Kier alpha value is -3.56. The number of nitrogens with zero attached hydrogens (tertiary/aromatic N) is 3. The molecule has 0 bridgehead atoms. The molecule has 4 rings (SSSR count). The van der Waals surface area contributed by atoms with Gasteiger partial charge in [-0.2, -0.15) is 4.98 Å². The van der Waals surface area contributed by atoms with Crippen LogP contribution in [0.15, 0.2) is 58.4 Å². The number of carbonyl (C=O) groups is 1. The van der Waals surface area contributed by atoms with Crippen LogP contribution in [0.1, 0.15) is 27.6 Å². The highest BCUT2D eigenvalue weighted by atomic mass is 32.1. The predicted molar refractivity (Wildman–Crippen MR) is 121 cm³/mol. The first-order valence-corrected chi connectivity index (χ1v) is 10.9. The number of ether oxygens (including phenoxy) is 2. The maximum absolute atomic E-state index is 12.9. The number of aromatic nitrogens is 3. The lowest BCUT2D eigenvalue weighted by Gasteiger charge is -2.09. The number of rotatable bonds is 9. The van der Waals surface area contributed by atoms with Crippen molar-refractivity contribution in [1.82, 2.24) is 15.1 Å². The van der Waals surface area contributed by atoms with Gasteiger partial charge >= 0.3 is 0 Å². The molecule has 0 saturated carbocycles. The Kier molecular flexibility index (Phi) is 6.88. The van der Waals surface area contributed by atoms with Gasteiger partial charge in [-0.3, -0.25) is 10.1 Å². The molecule has 0 fully saturated rings. The summed E-state index contributed by atoms with van der Waals surface area (Å²) < 4.78 is 15.8. The molecular formula is C23H22N4O4S. The van der Waals surface area contributed by atoms with Gasteiger partial charge in [0.05, 0.1) is 17.9 Å². The van der Waals surface area contributed by atoms with Crippen LogP contribution in [0.3, 0.4) is 0 Å². The molecular weight excluding hydrogens is 428 g/mol.